The predicted molar refractivity (Wildman–Crippen MR) is 75.3 cm³/mol. The van der Waals surface area contributed by atoms with E-state index in [4.69, 9.17) is 17.3 Å². The van der Waals surface area contributed by atoms with E-state index in [9.17, 15) is 0 Å². The number of hydrogen-bond acceptors (Lipinski definition) is 4. The van der Waals surface area contributed by atoms with Crippen LogP contribution >= 0.6 is 38.9 Å². The molecule has 1 aromatic heterocycles. The van der Waals surface area contributed by atoms with Gasteiger partial charge in [0.15, 0.2) is 0 Å². The predicted octanol–water partition coefficient (Wildman–Crippen LogP) is 4.03. The average molecular weight is 333 g/mol. The highest BCUT2D eigenvalue weighted by molar-refractivity contribution is 9.10. The molecule has 0 saturated heterocycles. The van der Waals surface area contributed by atoms with Crippen molar-refractivity contribution in [1.82, 2.24) is 10.2 Å². The van der Waals surface area contributed by atoms with Gasteiger partial charge in [0.25, 0.3) is 0 Å². The third-order valence-corrected chi connectivity index (χ3v) is 4.68. The molecule has 0 spiro atoms. The van der Waals surface area contributed by atoms with Crippen LogP contribution in [-0.4, -0.2) is 10.2 Å². The number of hydrogen-bond donors (Lipinski definition) is 1. The van der Waals surface area contributed by atoms with Crippen LogP contribution in [0, 0.1) is 0 Å². The van der Waals surface area contributed by atoms with Crippen LogP contribution in [0.1, 0.15) is 24.4 Å². The lowest BCUT2D eigenvalue weighted by Gasteiger charge is -2.01. The Morgan fingerprint density at radius 3 is 2.88 bits per heavy atom. The molecular weight excluding hydrogens is 322 g/mol. The summed E-state index contributed by atoms with van der Waals surface area (Å²) in [6.07, 6.45) is 0.860. The molecule has 2 aromatic rings. The molecule has 17 heavy (non-hydrogen) atoms. The Morgan fingerprint density at radius 2 is 2.24 bits per heavy atom. The van der Waals surface area contributed by atoms with E-state index in [1.54, 1.807) is 0 Å². The van der Waals surface area contributed by atoms with E-state index in [0.717, 1.165) is 26.5 Å². The summed E-state index contributed by atoms with van der Waals surface area (Å²) in [5, 5.41) is 10.7. The third-order valence-electron chi connectivity index (χ3n) is 2.36. The lowest BCUT2D eigenvalue weighted by Crippen LogP contribution is -2.07. The van der Waals surface area contributed by atoms with Crippen LogP contribution in [-0.2, 0) is 0 Å². The van der Waals surface area contributed by atoms with Crippen LogP contribution in [0.25, 0.3) is 10.6 Å². The molecule has 6 heteroatoms. The summed E-state index contributed by atoms with van der Waals surface area (Å²) in [4.78, 5) is 0. The number of nitrogens with two attached hydrogens (primary N) is 1. The molecule has 1 aromatic carbocycles. The molecule has 1 atom stereocenters. The van der Waals surface area contributed by atoms with E-state index < -0.39 is 0 Å². The van der Waals surface area contributed by atoms with Crippen molar-refractivity contribution in [3.05, 3.63) is 32.7 Å². The smallest absolute Gasteiger partial charge is 0.147 e. The SMILES string of the molecule is CCC(N)c1nnc(-c2ccc(Cl)c(Br)c2)s1. The maximum absolute atomic E-state index is 5.95. The highest BCUT2D eigenvalue weighted by Gasteiger charge is 2.12. The molecule has 0 saturated carbocycles. The van der Waals surface area contributed by atoms with Gasteiger partial charge in [-0.1, -0.05) is 35.9 Å². The molecule has 1 heterocycles. The van der Waals surface area contributed by atoms with Gasteiger partial charge >= 0.3 is 0 Å². The lowest BCUT2D eigenvalue weighted by molar-refractivity contribution is 0.683. The maximum atomic E-state index is 5.95. The van der Waals surface area contributed by atoms with Gasteiger partial charge in [-0.15, -0.1) is 10.2 Å². The fourth-order valence-corrected chi connectivity index (χ4v) is 2.73. The number of benzene rings is 1. The molecule has 2 rings (SSSR count). The van der Waals surface area contributed by atoms with Crippen LogP contribution < -0.4 is 5.73 Å². The van der Waals surface area contributed by atoms with Crippen molar-refractivity contribution in [3.8, 4) is 10.6 Å². The summed E-state index contributed by atoms with van der Waals surface area (Å²) in [5.41, 5.74) is 6.91. The van der Waals surface area contributed by atoms with Crippen LogP contribution in [0.4, 0.5) is 0 Å². The minimum Gasteiger partial charge on any atom is -0.322 e. The molecule has 0 fully saturated rings. The quantitative estimate of drug-likeness (QED) is 0.923. The molecule has 0 amide bonds. The molecule has 0 aliphatic heterocycles. The number of aromatic nitrogens is 2. The number of rotatable bonds is 3. The molecule has 0 aliphatic rings. The summed E-state index contributed by atoms with van der Waals surface area (Å²) in [6, 6.07) is 5.66. The van der Waals surface area contributed by atoms with Crippen LogP contribution in [0.15, 0.2) is 22.7 Å². The first-order valence-corrected chi connectivity index (χ1v) is 7.15. The zero-order valence-corrected chi connectivity index (χ0v) is 12.3. The van der Waals surface area contributed by atoms with Crippen molar-refractivity contribution in [1.29, 1.82) is 0 Å². The van der Waals surface area contributed by atoms with E-state index in [1.165, 1.54) is 11.3 Å². The van der Waals surface area contributed by atoms with Gasteiger partial charge in [0, 0.05) is 10.0 Å². The molecule has 3 nitrogen and oxygen atoms in total. The summed E-state index contributed by atoms with van der Waals surface area (Å²) < 4.78 is 0.855. The van der Waals surface area contributed by atoms with Gasteiger partial charge in [0.2, 0.25) is 0 Å². The second-order valence-corrected chi connectivity index (χ2v) is 5.86. The van der Waals surface area contributed by atoms with Gasteiger partial charge in [-0.2, -0.15) is 0 Å². The standard InChI is InChI=1S/C11H11BrClN3S/c1-2-9(14)11-16-15-10(17-11)6-3-4-8(13)7(12)5-6/h3-5,9H,2,14H2,1H3. The lowest BCUT2D eigenvalue weighted by atomic mass is 10.2. The van der Waals surface area contributed by atoms with E-state index in [0.29, 0.717) is 5.02 Å². The average Bonchev–Trinajstić information content (AvgIpc) is 2.81. The molecule has 2 N–H and O–H groups in total. The van der Waals surface area contributed by atoms with E-state index >= 15 is 0 Å². The van der Waals surface area contributed by atoms with Crippen LogP contribution in [0.3, 0.4) is 0 Å². The Kier molecular flexibility index (Phi) is 4.14. The van der Waals surface area contributed by atoms with Crippen molar-refractivity contribution >= 4 is 38.9 Å². The third kappa shape index (κ3) is 2.85. The minimum absolute atomic E-state index is 0.0306. The first-order valence-electron chi connectivity index (χ1n) is 5.16. The van der Waals surface area contributed by atoms with Crippen molar-refractivity contribution < 1.29 is 0 Å². The molecule has 0 radical (unpaired) electrons. The van der Waals surface area contributed by atoms with Gasteiger partial charge in [-0.3, -0.25) is 0 Å². The first kappa shape index (κ1) is 13.0. The fraction of sp³-hybridized carbons (Fsp3) is 0.273. The monoisotopic (exact) mass is 331 g/mol. The Bertz CT molecular complexity index is 529. The van der Waals surface area contributed by atoms with Gasteiger partial charge < -0.3 is 5.73 Å². The van der Waals surface area contributed by atoms with Gasteiger partial charge in [0.05, 0.1) is 11.1 Å². The summed E-state index contributed by atoms with van der Waals surface area (Å²) >= 11 is 10.9. The normalized spacial score (nSPS) is 12.7. The van der Waals surface area contributed by atoms with E-state index in [-0.39, 0.29) is 6.04 Å². The van der Waals surface area contributed by atoms with Crippen molar-refractivity contribution in [2.24, 2.45) is 5.73 Å². The van der Waals surface area contributed by atoms with Gasteiger partial charge in [-0.05, 0) is 34.5 Å². The highest BCUT2D eigenvalue weighted by Crippen LogP contribution is 2.31. The second-order valence-electron chi connectivity index (χ2n) is 3.59. The summed E-state index contributed by atoms with van der Waals surface area (Å²) in [7, 11) is 0. The highest BCUT2D eigenvalue weighted by atomic mass is 79.9. The Balaban J connectivity index is 2.33. The summed E-state index contributed by atoms with van der Waals surface area (Å²) in [6.45, 7) is 2.03. The van der Waals surface area contributed by atoms with Gasteiger partial charge in [0.1, 0.15) is 10.0 Å². The molecule has 0 aliphatic carbocycles. The Labute approximate surface area is 117 Å². The molecule has 90 valence electrons. The number of halogens is 2. The zero-order chi connectivity index (χ0) is 12.4. The number of nitrogens with zero attached hydrogens (tertiary/aromatic N) is 2. The zero-order valence-electron chi connectivity index (χ0n) is 9.15. The van der Waals surface area contributed by atoms with E-state index in [1.807, 2.05) is 25.1 Å². The Morgan fingerprint density at radius 1 is 1.47 bits per heavy atom. The first-order chi connectivity index (χ1) is 8.11. The topological polar surface area (TPSA) is 51.8 Å². The summed E-state index contributed by atoms with van der Waals surface area (Å²) in [5.74, 6) is 0. The van der Waals surface area contributed by atoms with Crippen molar-refractivity contribution in [2.75, 3.05) is 0 Å². The van der Waals surface area contributed by atoms with Crippen molar-refractivity contribution in [2.45, 2.75) is 19.4 Å². The second kappa shape index (κ2) is 5.44. The molecule has 0 bridgehead atoms. The Hall–Kier alpha value is -0.490. The molecule has 1 unspecified atom stereocenters. The van der Waals surface area contributed by atoms with Crippen LogP contribution in [0.5, 0.6) is 0 Å². The van der Waals surface area contributed by atoms with E-state index in [2.05, 4.69) is 26.1 Å². The largest absolute Gasteiger partial charge is 0.322 e. The van der Waals surface area contributed by atoms with Crippen LogP contribution in [0.2, 0.25) is 5.02 Å². The van der Waals surface area contributed by atoms with Crippen molar-refractivity contribution in [3.63, 3.8) is 0 Å². The minimum atomic E-state index is -0.0306. The maximum Gasteiger partial charge on any atom is 0.147 e. The van der Waals surface area contributed by atoms with Gasteiger partial charge in [-0.25, -0.2) is 0 Å². The molecular formula is C11H11BrClN3S. The fourth-order valence-electron chi connectivity index (χ4n) is 1.30.